The van der Waals surface area contributed by atoms with E-state index < -0.39 is 17.3 Å². The molecule has 3 N–H and O–H groups in total. The molecular weight excluding hydrogens is 375 g/mol. The second-order valence-corrected chi connectivity index (χ2v) is 6.91. The predicted octanol–water partition coefficient (Wildman–Crippen LogP) is 3.34. The van der Waals surface area contributed by atoms with Crippen molar-refractivity contribution in [2.75, 3.05) is 18.5 Å². The number of nitrogens with zero attached hydrogens (tertiary/aromatic N) is 2. The van der Waals surface area contributed by atoms with Crippen molar-refractivity contribution in [3.8, 4) is 11.3 Å². The molecule has 1 aromatic heterocycles. The van der Waals surface area contributed by atoms with E-state index in [2.05, 4.69) is 15.3 Å². The summed E-state index contributed by atoms with van der Waals surface area (Å²) >= 11 is 0. The van der Waals surface area contributed by atoms with E-state index in [0.717, 1.165) is 5.56 Å². The van der Waals surface area contributed by atoms with Gasteiger partial charge in [0, 0.05) is 16.8 Å². The third-order valence-electron chi connectivity index (χ3n) is 4.65. The Hall–Kier alpha value is -3.52. The molecule has 2 heterocycles. The summed E-state index contributed by atoms with van der Waals surface area (Å²) in [7, 11) is 0. The Kier molecular flexibility index (Phi) is 4.85. The molecule has 7 nitrogen and oxygen atoms in total. The van der Waals surface area contributed by atoms with Crippen molar-refractivity contribution in [1.82, 2.24) is 4.98 Å². The van der Waals surface area contributed by atoms with E-state index >= 15 is 0 Å². The van der Waals surface area contributed by atoms with Gasteiger partial charge in [0.05, 0.1) is 6.61 Å². The van der Waals surface area contributed by atoms with Crippen LogP contribution in [-0.4, -0.2) is 29.9 Å². The first-order valence-electron chi connectivity index (χ1n) is 8.98. The Morgan fingerprint density at radius 3 is 2.79 bits per heavy atom. The average Bonchev–Trinajstić information content (AvgIpc) is 3.20. The van der Waals surface area contributed by atoms with Crippen molar-refractivity contribution >= 4 is 17.4 Å². The van der Waals surface area contributed by atoms with Crippen LogP contribution in [0.3, 0.4) is 0 Å². The van der Waals surface area contributed by atoms with Crippen LogP contribution in [0.1, 0.15) is 23.0 Å². The Morgan fingerprint density at radius 1 is 1.24 bits per heavy atom. The lowest BCUT2D eigenvalue weighted by Crippen LogP contribution is -2.38. The number of hydrogen-bond acceptors (Lipinski definition) is 6. The molecule has 0 radical (unpaired) electrons. The zero-order chi connectivity index (χ0) is 20.4. The lowest BCUT2D eigenvalue weighted by Gasteiger charge is -2.30. The minimum absolute atomic E-state index is 0.136. The average molecular weight is 394 g/mol. The third kappa shape index (κ3) is 3.74. The number of nitrogens with two attached hydrogens (primary N) is 1. The molecule has 4 rings (SSSR count). The summed E-state index contributed by atoms with van der Waals surface area (Å²) in [5.41, 5.74) is 6.33. The van der Waals surface area contributed by atoms with Gasteiger partial charge in [-0.1, -0.05) is 30.3 Å². The maximum Gasteiger partial charge on any atom is 0.278 e. The van der Waals surface area contributed by atoms with Gasteiger partial charge in [-0.3, -0.25) is 9.79 Å². The Balaban J connectivity index is 1.63. The van der Waals surface area contributed by atoms with Crippen molar-refractivity contribution < 1.29 is 18.3 Å². The number of carbonyl (C=O) groups excluding carboxylic acids is 1. The van der Waals surface area contributed by atoms with Gasteiger partial charge in [0.15, 0.2) is 17.8 Å². The summed E-state index contributed by atoms with van der Waals surface area (Å²) in [5.74, 6) is -0.277. The number of aromatic nitrogens is 1. The number of oxazole rings is 1. The number of anilines is 1. The fraction of sp³-hybridized carbons (Fsp3) is 0.190. The first kappa shape index (κ1) is 18.8. The maximum atomic E-state index is 14.5. The van der Waals surface area contributed by atoms with Crippen molar-refractivity contribution in [3.05, 3.63) is 72.0 Å². The molecule has 148 valence electrons. The third-order valence-corrected chi connectivity index (χ3v) is 4.65. The van der Waals surface area contributed by atoms with Crippen LogP contribution in [-0.2, 0) is 10.3 Å². The monoisotopic (exact) mass is 394 g/mol. The van der Waals surface area contributed by atoms with E-state index in [1.54, 1.807) is 6.92 Å². The fourth-order valence-electron chi connectivity index (χ4n) is 3.28. The Bertz CT molecular complexity index is 1080. The van der Waals surface area contributed by atoms with Gasteiger partial charge in [0.25, 0.3) is 5.91 Å². The lowest BCUT2D eigenvalue weighted by molar-refractivity contribution is 0.102. The first-order valence-corrected chi connectivity index (χ1v) is 8.98. The van der Waals surface area contributed by atoms with Crippen molar-refractivity contribution in [2.45, 2.75) is 12.5 Å². The number of carbonyl (C=O) groups is 1. The number of nitrogens with one attached hydrogen (secondary N) is 1. The highest BCUT2D eigenvalue weighted by Crippen LogP contribution is 2.32. The van der Waals surface area contributed by atoms with Gasteiger partial charge in [0.2, 0.25) is 0 Å². The standard InChI is InChI=1S/C21H19FN4O3/c1-21(11-28-10-17(23)26-21)15-9-14(7-8-16(15)22)25-20(27)18-19(29-12-24-18)13-5-3-2-4-6-13/h2-9,12H,10-11H2,1H3,(H2,23,26)(H,25,27)/t21-/m0/s1. The number of benzene rings is 2. The zero-order valence-corrected chi connectivity index (χ0v) is 15.7. The topological polar surface area (TPSA) is 103 Å². The summed E-state index contributed by atoms with van der Waals surface area (Å²) in [6, 6.07) is 13.5. The number of amidine groups is 1. The summed E-state index contributed by atoms with van der Waals surface area (Å²) in [4.78, 5) is 21.2. The van der Waals surface area contributed by atoms with Gasteiger partial charge >= 0.3 is 0 Å². The maximum absolute atomic E-state index is 14.5. The zero-order valence-electron chi connectivity index (χ0n) is 15.7. The van der Waals surface area contributed by atoms with Crippen molar-refractivity contribution in [1.29, 1.82) is 0 Å². The van der Waals surface area contributed by atoms with Gasteiger partial charge in [-0.15, -0.1) is 0 Å². The molecule has 29 heavy (non-hydrogen) atoms. The largest absolute Gasteiger partial charge is 0.443 e. The minimum Gasteiger partial charge on any atom is -0.443 e. The molecular formula is C21H19FN4O3. The molecule has 0 bridgehead atoms. The highest BCUT2D eigenvalue weighted by Gasteiger charge is 2.33. The lowest BCUT2D eigenvalue weighted by atomic mass is 9.92. The van der Waals surface area contributed by atoms with Crippen LogP contribution in [0, 0.1) is 5.82 Å². The normalized spacial score (nSPS) is 18.9. The second-order valence-electron chi connectivity index (χ2n) is 6.91. The van der Waals surface area contributed by atoms with Crippen LogP contribution < -0.4 is 11.1 Å². The SMILES string of the molecule is C[C@@]1(c2cc(NC(=O)c3ncoc3-c3ccccc3)ccc2F)COCC(N)=N1. The van der Waals surface area contributed by atoms with Gasteiger partial charge in [-0.05, 0) is 25.1 Å². The van der Waals surface area contributed by atoms with Crippen LogP contribution in [0.15, 0.2) is 64.3 Å². The molecule has 0 spiro atoms. The first-order chi connectivity index (χ1) is 14.0. The number of amides is 1. The minimum atomic E-state index is -0.976. The van der Waals surface area contributed by atoms with E-state index in [-0.39, 0.29) is 24.5 Å². The van der Waals surface area contributed by atoms with E-state index in [1.807, 2.05) is 30.3 Å². The van der Waals surface area contributed by atoms with E-state index in [1.165, 1.54) is 24.6 Å². The van der Waals surface area contributed by atoms with E-state index in [0.29, 0.717) is 17.3 Å². The van der Waals surface area contributed by atoms with Crippen LogP contribution in [0.2, 0.25) is 0 Å². The Labute approximate surface area is 166 Å². The van der Waals surface area contributed by atoms with Crippen LogP contribution in [0.4, 0.5) is 10.1 Å². The molecule has 0 saturated heterocycles. The van der Waals surface area contributed by atoms with Gasteiger partial charge in [-0.2, -0.15) is 0 Å². The summed E-state index contributed by atoms with van der Waals surface area (Å²) in [6.07, 6.45) is 1.21. The molecule has 1 aliphatic heterocycles. The van der Waals surface area contributed by atoms with Crippen LogP contribution in [0.25, 0.3) is 11.3 Å². The molecule has 8 heteroatoms. The smallest absolute Gasteiger partial charge is 0.278 e. The second kappa shape index (κ2) is 7.48. The number of rotatable bonds is 4. The molecule has 0 fully saturated rings. The molecule has 0 aliphatic carbocycles. The van der Waals surface area contributed by atoms with Crippen molar-refractivity contribution in [2.24, 2.45) is 10.7 Å². The number of halogens is 1. The number of aliphatic imine (C=N–C) groups is 1. The van der Waals surface area contributed by atoms with E-state index in [9.17, 15) is 9.18 Å². The molecule has 2 aromatic carbocycles. The highest BCUT2D eigenvalue weighted by atomic mass is 19.1. The summed E-state index contributed by atoms with van der Waals surface area (Å²) in [6.45, 7) is 2.12. The molecule has 1 amide bonds. The highest BCUT2D eigenvalue weighted by molar-refractivity contribution is 6.06. The summed E-state index contributed by atoms with van der Waals surface area (Å²) < 4.78 is 25.3. The predicted molar refractivity (Wildman–Crippen MR) is 106 cm³/mol. The number of hydrogen-bond donors (Lipinski definition) is 2. The Morgan fingerprint density at radius 2 is 2.03 bits per heavy atom. The van der Waals surface area contributed by atoms with Gasteiger partial charge in [-0.25, -0.2) is 9.37 Å². The van der Waals surface area contributed by atoms with Crippen molar-refractivity contribution in [3.63, 3.8) is 0 Å². The van der Waals surface area contributed by atoms with Crippen LogP contribution >= 0.6 is 0 Å². The quantitative estimate of drug-likeness (QED) is 0.707. The van der Waals surface area contributed by atoms with E-state index in [4.69, 9.17) is 14.9 Å². The molecule has 1 aliphatic rings. The summed E-state index contributed by atoms with van der Waals surface area (Å²) in [5, 5.41) is 2.74. The van der Waals surface area contributed by atoms with Gasteiger partial charge < -0.3 is 20.2 Å². The fourth-order valence-corrected chi connectivity index (χ4v) is 3.28. The number of ether oxygens (including phenoxy) is 1. The molecule has 1 atom stereocenters. The molecule has 0 saturated carbocycles. The molecule has 3 aromatic rings. The van der Waals surface area contributed by atoms with Crippen LogP contribution in [0.5, 0.6) is 0 Å². The molecule has 0 unspecified atom stereocenters. The van der Waals surface area contributed by atoms with Gasteiger partial charge in [0.1, 0.15) is 23.8 Å².